The van der Waals surface area contributed by atoms with Gasteiger partial charge in [0.05, 0.1) is 4.34 Å². The van der Waals surface area contributed by atoms with Gasteiger partial charge in [0.25, 0.3) is 0 Å². The van der Waals surface area contributed by atoms with Crippen molar-refractivity contribution in [2.24, 2.45) is 10.7 Å². The molecule has 0 aliphatic rings. The second kappa shape index (κ2) is 8.60. The van der Waals surface area contributed by atoms with E-state index in [9.17, 15) is 0 Å². The maximum atomic E-state index is 5.89. The predicted octanol–water partition coefficient (Wildman–Crippen LogP) is 4.61. The quantitative estimate of drug-likeness (QED) is 0.419. The molecule has 0 amide bonds. The lowest BCUT2D eigenvalue weighted by Crippen LogP contribution is -2.23. The zero-order valence-electron chi connectivity index (χ0n) is 12.0. The SMILES string of the molecule is Cc1cc(C)cc(NC(N)=NCCc2ccc(Cl)s2)c1.I. The molecular weight excluding hydrogens is 417 g/mol. The Bertz CT molecular complexity index is 605. The molecule has 3 N–H and O–H groups in total. The maximum absolute atomic E-state index is 5.89. The van der Waals surface area contributed by atoms with Gasteiger partial charge in [0.15, 0.2) is 5.96 Å². The molecule has 0 aliphatic carbocycles. The largest absolute Gasteiger partial charge is 0.370 e. The van der Waals surface area contributed by atoms with Gasteiger partial charge < -0.3 is 11.1 Å². The molecule has 0 bridgehead atoms. The molecule has 0 atom stereocenters. The number of nitrogens with two attached hydrogens (primary N) is 1. The highest BCUT2D eigenvalue weighted by atomic mass is 127. The van der Waals surface area contributed by atoms with Crippen molar-refractivity contribution < 1.29 is 0 Å². The van der Waals surface area contributed by atoms with Crippen molar-refractivity contribution in [1.29, 1.82) is 0 Å². The summed E-state index contributed by atoms with van der Waals surface area (Å²) in [6, 6.07) is 10.2. The summed E-state index contributed by atoms with van der Waals surface area (Å²) < 4.78 is 0.810. The molecule has 1 aromatic carbocycles. The van der Waals surface area contributed by atoms with Crippen molar-refractivity contribution in [2.45, 2.75) is 20.3 Å². The van der Waals surface area contributed by atoms with E-state index in [1.54, 1.807) is 11.3 Å². The Morgan fingerprint density at radius 3 is 2.48 bits per heavy atom. The third kappa shape index (κ3) is 6.23. The predicted molar refractivity (Wildman–Crippen MR) is 104 cm³/mol. The molecular formula is C15H19ClIN3S. The minimum atomic E-state index is 0. The maximum Gasteiger partial charge on any atom is 0.193 e. The van der Waals surface area contributed by atoms with Crippen molar-refractivity contribution >= 4 is 58.6 Å². The van der Waals surface area contributed by atoms with Gasteiger partial charge in [-0.2, -0.15) is 0 Å². The minimum absolute atomic E-state index is 0. The highest BCUT2D eigenvalue weighted by Crippen LogP contribution is 2.21. The highest BCUT2D eigenvalue weighted by molar-refractivity contribution is 14.0. The van der Waals surface area contributed by atoms with Gasteiger partial charge in [-0.15, -0.1) is 35.3 Å². The van der Waals surface area contributed by atoms with E-state index in [0.717, 1.165) is 16.4 Å². The Hall–Kier alpha value is -0.790. The van der Waals surface area contributed by atoms with E-state index in [0.29, 0.717) is 12.5 Å². The molecule has 2 aromatic rings. The zero-order valence-corrected chi connectivity index (χ0v) is 15.9. The number of nitrogens with zero attached hydrogens (tertiary/aromatic N) is 1. The fourth-order valence-corrected chi connectivity index (χ4v) is 3.08. The molecule has 0 radical (unpaired) electrons. The smallest absolute Gasteiger partial charge is 0.193 e. The van der Waals surface area contributed by atoms with Crippen LogP contribution in [0.2, 0.25) is 4.34 Å². The van der Waals surface area contributed by atoms with Crippen molar-refractivity contribution in [3.63, 3.8) is 0 Å². The van der Waals surface area contributed by atoms with Crippen LogP contribution in [0, 0.1) is 13.8 Å². The Labute approximate surface area is 151 Å². The van der Waals surface area contributed by atoms with E-state index in [1.165, 1.54) is 16.0 Å². The van der Waals surface area contributed by atoms with Gasteiger partial charge in [-0.05, 0) is 49.2 Å². The van der Waals surface area contributed by atoms with Crippen LogP contribution in [-0.2, 0) is 6.42 Å². The van der Waals surface area contributed by atoms with E-state index in [-0.39, 0.29) is 24.0 Å². The molecule has 0 saturated carbocycles. The van der Waals surface area contributed by atoms with Crippen LogP contribution in [0.15, 0.2) is 35.3 Å². The van der Waals surface area contributed by atoms with E-state index >= 15 is 0 Å². The first kappa shape index (κ1) is 18.3. The number of anilines is 1. The first-order chi connectivity index (χ1) is 9.52. The Morgan fingerprint density at radius 1 is 1.24 bits per heavy atom. The van der Waals surface area contributed by atoms with E-state index in [4.69, 9.17) is 17.3 Å². The van der Waals surface area contributed by atoms with Gasteiger partial charge in [-0.1, -0.05) is 17.7 Å². The van der Waals surface area contributed by atoms with Crippen molar-refractivity contribution in [1.82, 2.24) is 0 Å². The molecule has 3 nitrogen and oxygen atoms in total. The summed E-state index contributed by atoms with van der Waals surface area (Å²) in [5.74, 6) is 0.442. The molecule has 2 rings (SSSR count). The number of guanidine groups is 1. The standard InChI is InChI=1S/C15H18ClN3S.HI/c1-10-7-11(2)9-12(8-10)19-15(17)18-6-5-13-3-4-14(16)20-13;/h3-4,7-9H,5-6H2,1-2H3,(H3,17,18,19);1H. The number of hydrogen-bond acceptors (Lipinski definition) is 2. The summed E-state index contributed by atoms with van der Waals surface area (Å²) in [5, 5.41) is 3.12. The number of rotatable bonds is 4. The second-order valence-corrected chi connectivity index (χ2v) is 6.52. The third-order valence-corrected chi connectivity index (χ3v) is 4.05. The van der Waals surface area contributed by atoms with E-state index < -0.39 is 0 Å². The van der Waals surface area contributed by atoms with Gasteiger partial charge >= 0.3 is 0 Å². The number of aliphatic imine (C=N–C) groups is 1. The third-order valence-electron chi connectivity index (χ3n) is 2.76. The van der Waals surface area contributed by atoms with Crippen LogP contribution in [0.4, 0.5) is 5.69 Å². The molecule has 6 heteroatoms. The monoisotopic (exact) mass is 435 g/mol. The lowest BCUT2D eigenvalue weighted by Gasteiger charge is -2.07. The van der Waals surface area contributed by atoms with Gasteiger partial charge in [0.1, 0.15) is 0 Å². The van der Waals surface area contributed by atoms with Crippen LogP contribution >= 0.6 is 46.9 Å². The van der Waals surface area contributed by atoms with E-state index in [1.807, 2.05) is 12.1 Å². The van der Waals surface area contributed by atoms with Crippen LogP contribution in [0.5, 0.6) is 0 Å². The van der Waals surface area contributed by atoms with Crippen LogP contribution < -0.4 is 11.1 Å². The molecule has 1 heterocycles. The minimum Gasteiger partial charge on any atom is -0.370 e. The highest BCUT2D eigenvalue weighted by Gasteiger charge is 1.99. The van der Waals surface area contributed by atoms with Gasteiger partial charge in [-0.3, -0.25) is 4.99 Å². The number of thiophene rings is 1. The number of benzene rings is 1. The lowest BCUT2D eigenvalue weighted by molar-refractivity contribution is 0.983. The fourth-order valence-electron chi connectivity index (χ4n) is 2.01. The van der Waals surface area contributed by atoms with Crippen LogP contribution in [0.25, 0.3) is 0 Å². The van der Waals surface area contributed by atoms with Crippen LogP contribution in [-0.4, -0.2) is 12.5 Å². The molecule has 0 aliphatic heterocycles. The number of halogens is 2. The fraction of sp³-hybridized carbons (Fsp3) is 0.267. The molecule has 21 heavy (non-hydrogen) atoms. The molecule has 0 saturated heterocycles. The summed E-state index contributed by atoms with van der Waals surface area (Å²) in [6.45, 7) is 4.78. The lowest BCUT2D eigenvalue weighted by atomic mass is 10.1. The molecule has 0 spiro atoms. The molecule has 1 aromatic heterocycles. The Kier molecular flexibility index (Phi) is 7.48. The van der Waals surface area contributed by atoms with Crippen LogP contribution in [0.3, 0.4) is 0 Å². The molecule has 0 unspecified atom stereocenters. The van der Waals surface area contributed by atoms with Gasteiger partial charge in [0, 0.05) is 23.5 Å². The van der Waals surface area contributed by atoms with Crippen molar-refractivity contribution in [2.75, 3.05) is 11.9 Å². The van der Waals surface area contributed by atoms with Crippen LogP contribution in [0.1, 0.15) is 16.0 Å². The summed E-state index contributed by atoms with van der Waals surface area (Å²) in [7, 11) is 0. The first-order valence-electron chi connectivity index (χ1n) is 6.42. The average molecular weight is 436 g/mol. The normalized spacial score (nSPS) is 11.1. The van der Waals surface area contributed by atoms with Crippen molar-refractivity contribution in [3.8, 4) is 0 Å². The summed E-state index contributed by atoms with van der Waals surface area (Å²) in [6.07, 6.45) is 0.854. The van der Waals surface area contributed by atoms with Crippen molar-refractivity contribution in [3.05, 3.63) is 50.7 Å². The molecule has 114 valence electrons. The summed E-state index contributed by atoms with van der Waals surface area (Å²) >= 11 is 7.47. The topological polar surface area (TPSA) is 50.4 Å². The number of hydrogen-bond donors (Lipinski definition) is 2. The average Bonchev–Trinajstić information content (AvgIpc) is 2.73. The Balaban J connectivity index is 0.00000220. The molecule has 0 fully saturated rings. The summed E-state index contributed by atoms with van der Waals surface area (Å²) in [4.78, 5) is 5.55. The van der Waals surface area contributed by atoms with E-state index in [2.05, 4.69) is 42.4 Å². The second-order valence-electron chi connectivity index (χ2n) is 4.72. The van der Waals surface area contributed by atoms with Gasteiger partial charge in [-0.25, -0.2) is 0 Å². The number of aryl methyl sites for hydroxylation is 2. The zero-order chi connectivity index (χ0) is 14.5. The Morgan fingerprint density at radius 2 is 1.90 bits per heavy atom. The first-order valence-corrected chi connectivity index (χ1v) is 7.62. The number of nitrogens with one attached hydrogen (secondary N) is 1. The van der Waals surface area contributed by atoms with Gasteiger partial charge in [0.2, 0.25) is 0 Å². The summed E-state index contributed by atoms with van der Waals surface area (Å²) in [5.41, 5.74) is 9.27.